The Balaban J connectivity index is 1.53. The molecule has 0 aromatic heterocycles. The van der Waals surface area contributed by atoms with E-state index in [1.165, 1.54) is 77.0 Å². The fourth-order valence-electron chi connectivity index (χ4n) is 12.2. The van der Waals surface area contributed by atoms with Gasteiger partial charge in [0, 0.05) is 8.65 Å². The Bertz CT molecular complexity index is 540. The van der Waals surface area contributed by atoms with Gasteiger partial charge in [-0.2, -0.15) is 0 Å². The second-order valence-corrected chi connectivity index (χ2v) is 17.6. The van der Waals surface area contributed by atoms with Gasteiger partial charge in [-0.05, 0) is 110 Å². The van der Waals surface area contributed by atoms with Crippen LogP contribution in [0.3, 0.4) is 0 Å². The lowest BCUT2D eigenvalue weighted by molar-refractivity contribution is -0.252. The maximum absolute atomic E-state index is 4.37. The fraction of sp³-hybridized carbons (Fsp3) is 1.00. The first-order valence-corrected chi connectivity index (χ1v) is 12.7. The highest BCUT2D eigenvalue weighted by Gasteiger charge is 2.75. The van der Waals surface area contributed by atoms with E-state index in [9.17, 15) is 0 Å². The lowest BCUT2D eigenvalue weighted by Gasteiger charge is -2.78. The van der Waals surface area contributed by atoms with E-state index in [-0.39, 0.29) is 0 Å². The lowest BCUT2D eigenvalue weighted by Crippen LogP contribution is -2.71. The van der Waals surface area contributed by atoms with Crippen molar-refractivity contribution in [3.05, 3.63) is 0 Å². The molecule has 0 amide bonds. The molecular formula is C24H36Br2. The molecule has 0 radical (unpaired) electrons. The van der Waals surface area contributed by atoms with Crippen molar-refractivity contribution < 1.29 is 0 Å². The summed E-state index contributed by atoms with van der Waals surface area (Å²) in [6.45, 7) is 10.6. The van der Waals surface area contributed by atoms with Crippen molar-refractivity contribution in [3.8, 4) is 0 Å². The Morgan fingerprint density at radius 1 is 0.385 bits per heavy atom. The van der Waals surface area contributed by atoms with Gasteiger partial charge in [0.25, 0.3) is 0 Å². The summed E-state index contributed by atoms with van der Waals surface area (Å²) in [5.74, 6) is 0. The summed E-state index contributed by atoms with van der Waals surface area (Å²) in [7, 11) is 0. The maximum atomic E-state index is 4.37. The highest BCUT2D eigenvalue weighted by molar-refractivity contribution is 9.10. The number of rotatable bonds is 1. The Morgan fingerprint density at radius 2 is 0.654 bits per heavy atom. The van der Waals surface area contributed by atoms with Gasteiger partial charge in [0.05, 0.1) is 0 Å². The van der Waals surface area contributed by atoms with Gasteiger partial charge < -0.3 is 0 Å². The standard InChI is InChI=1S/C24H36Br2/c1-17-5-18(2)8-21(7-17,15-23(25,11-17)12-18)22-9-19(3)6-20(4,10-22)14-24(26,13-19)16-22/h5-16H2,1-4H3/t17-,18+,19-,20+,21?,22?,23?,24?. The Hall–Kier alpha value is 0.960. The largest absolute Gasteiger partial charge is 0.0853 e. The molecule has 0 nitrogen and oxygen atoms in total. The fourth-order valence-corrected chi connectivity index (χ4v) is 16.0. The number of alkyl halides is 2. The highest BCUT2D eigenvalue weighted by atomic mass is 79.9. The van der Waals surface area contributed by atoms with Gasteiger partial charge in [0.2, 0.25) is 0 Å². The van der Waals surface area contributed by atoms with Crippen molar-refractivity contribution in [2.75, 3.05) is 0 Å². The van der Waals surface area contributed by atoms with Crippen LogP contribution < -0.4 is 0 Å². The zero-order valence-corrected chi connectivity index (χ0v) is 20.4. The Kier molecular flexibility index (Phi) is 2.98. The SMILES string of the molecule is C[C@]12CC3(Br)CC(C45CC6(Br)C[C@@](C)(C4)C[C@](C)(C6)C5)(C1)C[C@@](C)(C3)C2. The predicted octanol–water partition coefficient (Wildman–Crippen LogP) is 8.01. The van der Waals surface area contributed by atoms with Crippen molar-refractivity contribution >= 4 is 31.9 Å². The lowest BCUT2D eigenvalue weighted by atomic mass is 9.28. The molecule has 2 heteroatoms. The first-order chi connectivity index (χ1) is 11.7. The summed E-state index contributed by atoms with van der Waals surface area (Å²) in [6.07, 6.45) is 17.7. The van der Waals surface area contributed by atoms with Crippen LogP contribution in [-0.2, 0) is 0 Å². The molecule has 0 heterocycles. The van der Waals surface area contributed by atoms with Crippen LogP contribution in [0.4, 0.5) is 0 Å². The molecule has 8 bridgehead atoms. The topological polar surface area (TPSA) is 0 Å². The summed E-state index contributed by atoms with van der Waals surface area (Å²) in [5, 5.41) is 0. The van der Waals surface area contributed by atoms with E-state index < -0.39 is 0 Å². The molecule has 0 saturated heterocycles. The maximum Gasteiger partial charge on any atom is 0.0273 e. The molecule has 0 aliphatic heterocycles. The first kappa shape index (κ1) is 17.8. The molecule has 26 heavy (non-hydrogen) atoms. The van der Waals surface area contributed by atoms with Crippen LogP contribution in [0.2, 0.25) is 0 Å². The van der Waals surface area contributed by atoms with Crippen molar-refractivity contribution in [1.82, 2.24) is 0 Å². The second-order valence-electron chi connectivity index (χ2n) is 14.2. The molecule has 0 N–H and O–H groups in total. The van der Waals surface area contributed by atoms with Gasteiger partial charge in [-0.3, -0.25) is 0 Å². The molecule has 8 aliphatic rings. The minimum absolute atomic E-state index is 0.440. The molecule has 4 unspecified atom stereocenters. The third kappa shape index (κ3) is 2.13. The van der Waals surface area contributed by atoms with Gasteiger partial charge in [-0.1, -0.05) is 59.6 Å². The molecule has 8 fully saturated rings. The van der Waals surface area contributed by atoms with Crippen LogP contribution >= 0.6 is 31.9 Å². The van der Waals surface area contributed by atoms with Gasteiger partial charge in [0.1, 0.15) is 0 Å². The molecule has 146 valence electrons. The van der Waals surface area contributed by atoms with Crippen LogP contribution in [-0.4, -0.2) is 8.65 Å². The molecule has 8 atom stereocenters. The summed E-state index contributed by atoms with van der Waals surface area (Å²) >= 11 is 8.74. The molecule has 0 aromatic carbocycles. The summed E-state index contributed by atoms with van der Waals surface area (Å²) in [5.41, 5.74) is 3.51. The van der Waals surface area contributed by atoms with Crippen LogP contribution in [0, 0.1) is 32.5 Å². The molecule has 0 aromatic rings. The minimum Gasteiger partial charge on any atom is -0.0853 e. The number of halogens is 2. The van der Waals surface area contributed by atoms with Crippen LogP contribution in [0.25, 0.3) is 0 Å². The van der Waals surface area contributed by atoms with Crippen molar-refractivity contribution in [1.29, 1.82) is 0 Å². The number of hydrogen-bond acceptors (Lipinski definition) is 0. The highest BCUT2D eigenvalue weighted by Crippen LogP contribution is 2.84. The van der Waals surface area contributed by atoms with E-state index >= 15 is 0 Å². The average molecular weight is 484 g/mol. The summed E-state index contributed by atoms with van der Waals surface area (Å²) in [6, 6.07) is 0. The van der Waals surface area contributed by atoms with Crippen LogP contribution in [0.5, 0.6) is 0 Å². The predicted molar refractivity (Wildman–Crippen MR) is 116 cm³/mol. The van der Waals surface area contributed by atoms with Gasteiger partial charge in [-0.25, -0.2) is 0 Å². The van der Waals surface area contributed by atoms with E-state index in [4.69, 9.17) is 0 Å². The van der Waals surface area contributed by atoms with E-state index in [0.717, 1.165) is 0 Å². The Morgan fingerprint density at radius 3 is 0.885 bits per heavy atom. The van der Waals surface area contributed by atoms with Crippen LogP contribution in [0.15, 0.2) is 0 Å². The molecule has 0 spiro atoms. The third-order valence-corrected chi connectivity index (χ3v) is 11.9. The quantitative estimate of drug-likeness (QED) is 0.331. The normalized spacial score (nSPS) is 70.8. The minimum atomic E-state index is 0.440. The van der Waals surface area contributed by atoms with Gasteiger partial charge >= 0.3 is 0 Å². The number of hydrogen-bond donors (Lipinski definition) is 0. The van der Waals surface area contributed by atoms with Gasteiger partial charge in [0.15, 0.2) is 0 Å². The Labute approximate surface area is 177 Å². The monoisotopic (exact) mass is 482 g/mol. The summed E-state index contributed by atoms with van der Waals surface area (Å²) in [4.78, 5) is 0. The molecular weight excluding hydrogens is 448 g/mol. The molecule has 8 saturated carbocycles. The van der Waals surface area contributed by atoms with Crippen molar-refractivity contribution in [2.45, 2.75) is 113 Å². The van der Waals surface area contributed by atoms with E-state index in [1.807, 2.05) is 0 Å². The first-order valence-electron chi connectivity index (χ1n) is 11.1. The van der Waals surface area contributed by atoms with Gasteiger partial charge in [-0.15, -0.1) is 0 Å². The molecule has 8 aliphatic carbocycles. The van der Waals surface area contributed by atoms with E-state index in [0.29, 0.717) is 41.1 Å². The van der Waals surface area contributed by atoms with Crippen molar-refractivity contribution in [2.24, 2.45) is 32.5 Å². The zero-order chi connectivity index (χ0) is 18.5. The zero-order valence-electron chi connectivity index (χ0n) is 17.2. The molecule has 8 rings (SSSR count). The van der Waals surface area contributed by atoms with E-state index in [1.54, 1.807) is 0 Å². The van der Waals surface area contributed by atoms with E-state index in [2.05, 4.69) is 59.6 Å². The van der Waals surface area contributed by atoms with Crippen LogP contribution in [0.1, 0.15) is 105 Å². The van der Waals surface area contributed by atoms with Crippen molar-refractivity contribution in [3.63, 3.8) is 0 Å². The average Bonchev–Trinajstić information content (AvgIpc) is 2.25. The third-order valence-electron chi connectivity index (χ3n) is 10.2. The second kappa shape index (κ2) is 4.35. The summed E-state index contributed by atoms with van der Waals surface area (Å²) < 4.78 is 0.881. The smallest absolute Gasteiger partial charge is 0.0273 e.